The van der Waals surface area contributed by atoms with Gasteiger partial charge in [0.25, 0.3) is 11.7 Å². The fourth-order valence-corrected chi connectivity index (χ4v) is 4.16. The van der Waals surface area contributed by atoms with Crippen molar-refractivity contribution in [1.82, 2.24) is 14.8 Å². The average molecular weight is 454 g/mol. The molecule has 1 aromatic heterocycles. The highest BCUT2D eigenvalue weighted by molar-refractivity contribution is 6.46. The molecular formula is C25H31N3O5. The van der Waals surface area contributed by atoms with Gasteiger partial charge in [-0.15, -0.1) is 0 Å². The van der Waals surface area contributed by atoms with E-state index < -0.39 is 23.7 Å². The van der Waals surface area contributed by atoms with Gasteiger partial charge in [0.05, 0.1) is 18.2 Å². The molecule has 1 aliphatic rings. The summed E-state index contributed by atoms with van der Waals surface area (Å²) in [7, 11) is 3.78. The van der Waals surface area contributed by atoms with Crippen LogP contribution in [0.5, 0.6) is 0 Å². The number of aryl methyl sites for hydroxylation is 2. The second kappa shape index (κ2) is 9.62. The van der Waals surface area contributed by atoms with Crippen LogP contribution < -0.4 is 0 Å². The molecule has 0 aliphatic carbocycles. The van der Waals surface area contributed by atoms with Gasteiger partial charge >= 0.3 is 5.97 Å². The Morgan fingerprint density at radius 1 is 1.15 bits per heavy atom. The molecule has 1 fully saturated rings. The lowest BCUT2D eigenvalue weighted by Gasteiger charge is -2.26. The van der Waals surface area contributed by atoms with Crippen molar-refractivity contribution in [1.29, 1.82) is 0 Å². The second-order valence-corrected chi connectivity index (χ2v) is 8.55. The first-order valence-corrected chi connectivity index (χ1v) is 10.9. The summed E-state index contributed by atoms with van der Waals surface area (Å²) in [4.78, 5) is 44.9. The summed E-state index contributed by atoms with van der Waals surface area (Å²) in [5.41, 5.74) is 3.31. The Balaban J connectivity index is 2.19. The normalized spacial score (nSPS) is 17.8. The van der Waals surface area contributed by atoms with Gasteiger partial charge in [0.1, 0.15) is 11.5 Å². The number of aliphatic hydroxyl groups is 1. The van der Waals surface area contributed by atoms with Gasteiger partial charge in [0.15, 0.2) is 0 Å². The van der Waals surface area contributed by atoms with E-state index in [4.69, 9.17) is 4.74 Å². The van der Waals surface area contributed by atoms with Crippen molar-refractivity contribution in [3.8, 4) is 0 Å². The summed E-state index contributed by atoms with van der Waals surface area (Å²) >= 11 is 0. The van der Waals surface area contributed by atoms with E-state index in [0.717, 1.165) is 11.1 Å². The Kier molecular flexibility index (Phi) is 7.07. The van der Waals surface area contributed by atoms with Crippen LogP contribution in [-0.2, 0) is 14.3 Å². The van der Waals surface area contributed by atoms with Gasteiger partial charge in [0.2, 0.25) is 0 Å². The van der Waals surface area contributed by atoms with Crippen molar-refractivity contribution < 1.29 is 24.2 Å². The van der Waals surface area contributed by atoms with Crippen LogP contribution in [0.4, 0.5) is 0 Å². The number of esters is 1. The number of carbonyl (C=O) groups is 3. The summed E-state index contributed by atoms with van der Waals surface area (Å²) in [6, 6.07) is 6.82. The van der Waals surface area contributed by atoms with Crippen molar-refractivity contribution >= 4 is 23.4 Å². The fraction of sp³-hybridized carbons (Fsp3) is 0.400. The van der Waals surface area contributed by atoms with Crippen LogP contribution in [-0.4, -0.2) is 71.3 Å². The lowest BCUT2D eigenvalue weighted by molar-refractivity contribution is -0.140. The zero-order valence-corrected chi connectivity index (χ0v) is 20.0. The highest BCUT2D eigenvalue weighted by Gasteiger charge is 2.46. The average Bonchev–Trinajstić information content (AvgIpc) is 3.19. The maximum absolute atomic E-state index is 13.2. The Bertz CT molecular complexity index is 1110. The van der Waals surface area contributed by atoms with Gasteiger partial charge in [-0.2, -0.15) is 0 Å². The van der Waals surface area contributed by atoms with Crippen molar-refractivity contribution in [2.24, 2.45) is 0 Å². The molecule has 1 saturated heterocycles. The Morgan fingerprint density at radius 3 is 2.36 bits per heavy atom. The molecular weight excluding hydrogens is 422 g/mol. The molecule has 2 heterocycles. The predicted octanol–water partition coefficient (Wildman–Crippen LogP) is 3.10. The van der Waals surface area contributed by atoms with E-state index >= 15 is 0 Å². The van der Waals surface area contributed by atoms with Crippen molar-refractivity contribution in [2.45, 2.75) is 33.7 Å². The number of aromatic nitrogens is 1. The molecule has 1 aromatic carbocycles. The Hall–Kier alpha value is -3.39. The van der Waals surface area contributed by atoms with Crippen molar-refractivity contribution in [3.05, 3.63) is 63.5 Å². The van der Waals surface area contributed by atoms with E-state index in [1.165, 1.54) is 4.90 Å². The second-order valence-electron chi connectivity index (χ2n) is 8.55. The number of ether oxygens (including phenoxy) is 1. The van der Waals surface area contributed by atoms with Crippen molar-refractivity contribution in [2.75, 3.05) is 33.8 Å². The number of rotatable bonds is 7. The summed E-state index contributed by atoms with van der Waals surface area (Å²) in [6.45, 7) is 8.14. The number of ketones is 1. The number of aromatic amines is 1. The van der Waals surface area contributed by atoms with Crippen LogP contribution in [0.3, 0.4) is 0 Å². The van der Waals surface area contributed by atoms with Crippen LogP contribution >= 0.6 is 0 Å². The first-order chi connectivity index (χ1) is 15.6. The maximum Gasteiger partial charge on any atom is 0.355 e. The van der Waals surface area contributed by atoms with Gasteiger partial charge in [-0.05, 0) is 52.9 Å². The van der Waals surface area contributed by atoms with Crippen LogP contribution in [0.1, 0.15) is 51.4 Å². The van der Waals surface area contributed by atoms with Crippen LogP contribution in [0.25, 0.3) is 5.76 Å². The Labute approximate surface area is 193 Å². The zero-order chi connectivity index (χ0) is 24.4. The van der Waals surface area contributed by atoms with E-state index in [1.54, 1.807) is 20.8 Å². The molecule has 2 N–H and O–H groups in total. The standard InChI is InChI=1S/C25H31N3O5/c1-7-33-25(32)20-15(3)18(16(4)26-20)22(29)19-21(17-10-8-14(2)9-11-17)28(13-12-27(5)6)24(31)23(19)30/h8-11,21,26,29H,7,12-13H2,1-6H3/b22-19-. The molecule has 1 atom stereocenters. The number of amides is 1. The van der Waals surface area contributed by atoms with Gasteiger partial charge in [-0.1, -0.05) is 29.8 Å². The number of likely N-dealkylation sites (N-methyl/N-ethyl adjacent to an activating group) is 1. The zero-order valence-electron chi connectivity index (χ0n) is 20.0. The number of hydrogen-bond acceptors (Lipinski definition) is 6. The predicted molar refractivity (Wildman–Crippen MR) is 125 cm³/mol. The summed E-state index contributed by atoms with van der Waals surface area (Å²) in [5, 5.41) is 11.4. The fourth-order valence-electron chi connectivity index (χ4n) is 4.16. The highest BCUT2D eigenvalue weighted by atomic mass is 16.5. The molecule has 3 rings (SSSR count). The number of H-pyrrole nitrogens is 1. The SMILES string of the molecule is CCOC(=O)c1[nH]c(C)c(/C(O)=C2/C(=O)C(=O)N(CCN(C)C)C2c2ccc(C)cc2)c1C. The lowest BCUT2D eigenvalue weighted by Crippen LogP contribution is -2.35. The molecule has 2 aromatic rings. The third-order valence-corrected chi connectivity index (χ3v) is 5.88. The number of aliphatic hydroxyl groups excluding tert-OH is 1. The minimum absolute atomic E-state index is 0.0169. The number of carbonyl (C=O) groups excluding carboxylic acids is 3. The molecule has 176 valence electrons. The van der Waals surface area contributed by atoms with Gasteiger partial charge in [-0.25, -0.2) is 4.79 Å². The van der Waals surface area contributed by atoms with Gasteiger partial charge in [0, 0.05) is 24.3 Å². The third-order valence-electron chi connectivity index (χ3n) is 5.88. The number of Topliss-reactive ketones (excluding diaryl/α,β-unsaturated/α-hetero) is 1. The molecule has 8 nitrogen and oxygen atoms in total. The lowest BCUT2D eigenvalue weighted by atomic mass is 9.93. The maximum atomic E-state index is 13.2. The smallest absolute Gasteiger partial charge is 0.355 e. The number of likely N-dealkylation sites (tertiary alicyclic amines) is 1. The summed E-state index contributed by atoms with van der Waals surface area (Å²) in [5.74, 6) is -2.23. The Morgan fingerprint density at radius 2 is 1.79 bits per heavy atom. The monoisotopic (exact) mass is 453 g/mol. The van der Waals surface area contributed by atoms with E-state index in [9.17, 15) is 19.5 Å². The van der Waals surface area contributed by atoms with E-state index in [-0.39, 0.29) is 23.6 Å². The summed E-state index contributed by atoms with van der Waals surface area (Å²) in [6.07, 6.45) is 0. The van der Waals surface area contributed by atoms with Gasteiger partial charge in [-0.3, -0.25) is 9.59 Å². The minimum atomic E-state index is -0.741. The first kappa shape index (κ1) is 24.3. The number of benzene rings is 1. The van der Waals surface area contributed by atoms with E-state index in [1.807, 2.05) is 50.2 Å². The quantitative estimate of drug-likeness (QED) is 0.289. The molecule has 0 bridgehead atoms. The molecule has 0 spiro atoms. The molecule has 0 saturated carbocycles. The number of nitrogens with zero attached hydrogens (tertiary/aromatic N) is 2. The highest BCUT2D eigenvalue weighted by Crippen LogP contribution is 2.40. The number of hydrogen-bond donors (Lipinski definition) is 2. The van der Waals surface area contributed by atoms with Crippen LogP contribution in [0.2, 0.25) is 0 Å². The molecule has 1 aliphatic heterocycles. The van der Waals surface area contributed by atoms with Crippen LogP contribution in [0, 0.1) is 20.8 Å². The first-order valence-electron chi connectivity index (χ1n) is 10.9. The largest absolute Gasteiger partial charge is 0.507 e. The number of nitrogens with one attached hydrogen (secondary N) is 1. The molecule has 0 radical (unpaired) electrons. The van der Waals surface area contributed by atoms with E-state index in [0.29, 0.717) is 29.9 Å². The third kappa shape index (κ3) is 4.57. The van der Waals surface area contributed by atoms with Crippen LogP contribution in [0.15, 0.2) is 29.8 Å². The van der Waals surface area contributed by atoms with E-state index in [2.05, 4.69) is 4.98 Å². The topological polar surface area (TPSA) is 103 Å². The van der Waals surface area contributed by atoms with Gasteiger partial charge < -0.3 is 24.6 Å². The molecule has 1 amide bonds. The molecule has 1 unspecified atom stereocenters. The molecule has 8 heteroatoms. The van der Waals surface area contributed by atoms with Crippen molar-refractivity contribution in [3.63, 3.8) is 0 Å². The molecule has 33 heavy (non-hydrogen) atoms. The minimum Gasteiger partial charge on any atom is -0.507 e. The summed E-state index contributed by atoms with van der Waals surface area (Å²) < 4.78 is 5.09.